The van der Waals surface area contributed by atoms with Gasteiger partial charge in [-0.05, 0) is 18.3 Å². The molecule has 0 radical (unpaired) electrons. The predicted octanol–water partition coefficient (Wildman–Crippen LogP) is 3.35. The van der Waals surface area contributed by atoms with E-state index in [1.54, 1.807) is 0 Å². The quantitative estimate of drug-likeness (QED) is 0.742. The number of halogens is 1. The van der Waals surface area contributed by atoms with E-state index in [9.17, 15) is 4.79 Å². The summed E-state index contributed by atoms with van der Waals surface area (Å²) < 4.78 is 0. The van der Waals surface area contributed by atoms with Gasteiger partial charge in [0.25, 0.3) is 0 Å². The molecule has 0 unspecified atom stereocenters. The average Bonchev–Trinajstić information content (AvgIpc) is 2.14. The number of carbonyl (C=O) groups excluding carboxylic acids is 1. The number of hydrogen-bond acceptors (Lipinski definition) is 1. The standard InChI is InChI=1S/C12H24BrNO/c1-6-12(4,5)10(15)14-9-11(2,3)7-8-13/h6-9H2,1-5H3,(H,14,15). The van der Waals surface area contributed by atoms with Crippen molar-refractivity contribution < 1.29 is 4.79 Å². The summed E-state index contributed by atoms with van der Waals surface area (Å²) in [6, 6.07) is 0. The molecule has 0 heterocycles. The third kappa shape index (κ3) is 5.55. The molecule has 0 rings (SSSR count). The molecule has 0 aromatic carbocycles. The molecule has 0 aliphatic carbocycles. The molecule has 0 saturated carbocycles. The fraction of sp³-hybridized carbons (Fsp3) is 0.917. The second-order valence-electron chi connectivity index (χ2n) is 5.52. The SMILES string of the molecule is CCC(C)(C)C(=O)NCC(C)(C)CCBr. The highest BCUT2D eigenvalue weighted by molar-refractivity contribution is 9.09. The summed E-state index contributed by atoms with van der Waals surface area (Å²) in [6.07, 6.45) is 1.94. The largest absolute Gasteiger partial charge is 0.355 e. The van der Waals surface area contributed by atoms with Gasteiger partial charge in [0.1, 0.15) is 0 Å². The molecular weight excluding hydrogens is 254 g/mol. The van der Waals surface area contributed by atoms with Gasteiger partial charge in [-0.1, -0.05) is 50.5 Å². The molecule has 15 heavy (non-hydrogen) atoms. The Morgan fingerprint density at radius 1 is 1.27 bits per heavy atom. The molecule has 90 valence electrons. The lowest BCUT2D eigenvalue weighted by Crippen LogP contribution is -2.41. The normalized spacial score (nSPS) is 12.7. The zero-order valence-corrected chi connectivity index (χ0v) is 12.2. The molecule has 2 nitrogen and oxygen atoms in total. The van der Waals surface area contributed by atoms with E-state index in [1.807, 2.05) is 20.8 Å². The van der Waals surface area contributed by atoms with Crippen LogP contribution >= 0.6 is 15.9 Å². The maximum absolute atomic E-state index is 11.8. The number of rotatable bonds is 6. The Hall–Kier alpha value is -0.0500. The monoisotopic (exact) mass is 277 g/mol. The first-order chi connectivity index (χ1) is 6.75. The smallest absolute Gasteiger partial charge is 0.225 e. The van der Waals surface area contributed by atoms with Gasteiger partial charge in [0.2, 0.25) is 5.91 Å². The minimum Gasteiger partial charge on any atom is -0.355 e. The minimum absolute atomic E-state index is 0.160. The lowest BCUT2D eigenvalue weighted by atomic mass is 9.87. The third-order valence-corrected chi connectivity index (χ3v) is 3.39. The summed E-state index contributed by atoms with van der Waals surface area (Å²) >= 11 is 3.43. The maximum atomic E-state index is 11.8. The van der Waals surface area contributed by atoms with Crippen molar-refractivity contribution in [1.29, 1.82) is 0 Å². The summed E-state index contributed by atoms with van der Waals surface area (Å²) in [7, 11) is 0. The van der Waals surface area contributed by atoms with Crippen LogP contribution < -0.4 is 5.32 Å². The number of amides is 1. The van der Waals surface area contributed by atoms with E-state index in [2.05, 4.69) is 35.1 Å². The summed E-state index contributed by atoms with van der Waals surface area (Å²) in [5.41, 5.74) is -0.0759. The number of alkyl halides is 1. The van der Waals surface area contributed by atoms with Gasteiger partial charge in [0, 0.05) is 17.3 Å². The fourth-order valence-corrected chi connectivity index (χ4v) is 2.14. The first-order valence-electron chi connectivity index (χ1n) is 5.59. The van der Waals surface area contributed by atoms with E-state index in [4.69, 9.17) is 0 Å². The van der Waals surface area contributed by atoms with E-state index in [0.717, 1.165) is 24.7 Å². The van der Waals surface area contributed by atoms with Crippen molar-refractivity contribution in [2.75, 3.05) is 11.9 Å². The summed E-state index contributed by atoms with van der Waals surface area (Å²) in [4.78, 5) is 11.8. The zero-order valence-electron chi connectivity index (χ0n) is 10.6. The van der Waals surface area contributed by atoms with Crippen LogP contribution in [0.15, 0.2) is 0 Å². The Bertz CT molecular complexity index is 212. The topological polar surface area (TPSA) is 29.1 Å². The van der Waals surface area contributed by atoms with Gasteiger partial charge in [-0.2, -0.15) is 0 Å². The first kappa shape index (κ1) is 14.9. The molecule has 0 saturated heterocycles. The maximum Gasteiger partial charge on any atom is 0.225 e. The third-order valence-electron chi connectivity index (χ3n) is 3.00. The highest BCUT2D eigenvalue weighted by Gasteiger charge is 2.27. The van der Waals surface area contributed by atoms with Crippen LogP contribution in [0.2, 0.25) is 0 Å². The van der Waals surface area contributed by atoms with Crippen molar-refractivity contribution in [2.24, 2.45) is 10.8 Å². The van der Waals surface area contributed by atoms with Crippen LogP contribution in [-0.4, -0.2) is 17.8 Å². The summed E-state index contributed by atoms with van der Waals surface area (Å²) in [5.74, 6) is 0.160. The highest BCUT2D eigenvalue weighted by atomic mass is 79.9. The van der Waals surface area contributed by atoms with Crippen LogP contribution in [0.4, 0.5) is 0 Å². The van der Waals surface area contributed by atoms with E-state index >= 15 is 0 Å². The average molecular weight is 278 g/mol. The fourth-order valence-electron chi connectivity index (χ4n) is 1.06. The van der Waals surface area contributed by atoms with Gasteiger partial charge in [-0.3, -0.25) is 4.79 Å². The van der Waals surface area contributed by atoms with E-state index in [0.29, 0.717) is 0 Å². The Balaban J connectivity index is 4.11. The minimum atomic E-state index is -0.246. The lowest BCUT2D eigenvalue weighted by Gasteiger charge is -2.28. The molecule has 0 fully saturated rings. The van der Waals surface area contributed by atoms with Crippen molar-refractivity contribution >= 4 is 21.8 Å². The Labute approximate surface area is 102 Å². The van der Waals surface area contributed by atoms with Gasteiger partial charge >= 0.3 is 0 Å². The molecule has 0 spiro atoms. The van der Waals surface area contributed by atoms with Gasteiger partial charge in [-0.25, -0.2) is 0 Å². The highest BCUT2D eigenvalue weighted by Crippen LogP contribution is 2.23. The Morgan fingerprint density at radius 3 is 2.20 bits per heavy atom. The van der Waals surface area contributed by atoms with Gasteiger partial charge in [-0.15, -0.1) is 0 Å². The Kier molecular flexibility index (Phi) is 5.86. The lowest BCUT2D eigenvalue weighted by molar-refractivity contribution is -0.129. The van der Waals surface area contributed by atoms with Gasteiger partial charge in [0.15, 0.2) is 0 Å². The van der Waals surface area contributed by atoms with E-state index in [-0.39, 0.29) is 16.7 Å². The van der Waals surface area contributed by atoms with Crippen molar-refractivity contribution in [3.05, 3.63) is 0 Å². The van der Waals surface area contributed by atoms with Crippen molar-refractivity contribution in [2.45, 2.75) is 47.5 Å². The molecule has 0 atom stereocenters. The summed E-state index contributed by atoms with van der Waals surface area (Å²) in [5, 5.41) is 4.02. The van der Waals surface area contributed by atoms with Gasteiger partial charge in [0.05, 0.1) is 0 Å². The summed E-state index contributed by atoms with van der Waals surface area (Å²) in [6.45, 7) is 11.1. The van der Waals surface area contributed by atoms with Crippen molar-refractivity contribution in [3.8, 4) is 0 Å². The van der Waals surface area contributed by atoms with E-state index in [1.165, 1.54) is 0 Å². The van der Waals surface area contributed by atoms with Crippen LogP contribution in [0.1, 0.15) is 47.5 Å². The molecule has 1 N–H and O–H groups in total. The number of nitrogens with one attached hydrogen (secondary N) is 1. The van der Waals surface area contributed by atoms with Crippen LogP contribution in [0.3, 0.4) is 0 Å². The van der Waals surface area contributed by atoms with E-state index < -0.39 is 0 Å². The predicted molar refractivity (Wildman–Crippen MR) is 69.3 cm³/mol. The molecular formula is C12H24BrNO. The molecule has 1 amide bonds. The zero-order chi connectivity index (χ0) is 12.1. The first-order valence-corrected chi connectivity index (χ1v) is 6.71. The van der Waals surface area contributed by atoms with Crippen molar-refractivity contribution in [1.82, 2.24) is 5.32 Å². The molecule has 0 aliphatic rings. The Morgan fingerprint density at radius 2 is 1.80 bits per heavy atom. The van der Waals surface area contributed by atoms with Gasteiger partial charge < -0.3 is 5.32 Å². The molecule has 0 aliphatic heterocycles. The number of carbonyl (C=O) groups is 1. The van der Waals surface area contributed by atoms with Crippen LogP contribution in [0.5, 0.6) is 0 Å². The van der Waals surface area contributed by atoms with Crippen LogP contribution in [-0.2, 0) is 4.79 Å². The molecule has 3 heteroatoms. The molecule has 0 aromatic rings. The number of hydrogen-bond donors (Lipinski definition) is 1. The second kappa shape index (κ2) is 5.88. The van der Waals surface area contributed by atoms with Crippen LogP contribution in [0.25, 0.3) is 0 Å². The van der Waals surface area contributed by atoms with Crippen molar-refractivity contribution in [3.63, 3.8) is 0 Å². The van der Waals surface area contributed by atoms with Crippen LogP contribution in [0, 0.1) is 10.8 Å². The molecule has 0 aromatic heterocycles. The molecule has 0 bridgehead atoms. The second-order valence-corrected chi connectivity index (χ2v) is 6.32.